The van der Waals surface area contributed by atoms with E-state index in [1.165, 1.54) is 0 Å². The molecule has 140 valence electrons. The van der Waals surface area contributed by atoms with E-state index in [9.17, 15) is 9.59 Å². The Hall–Kier alpha value is -2.67. The molecule has 0 radical (unpaired) electrons. The van der Waals surface area contributed by atoms with Crippen molar-refractivity contribution in [2.45, 2.75) is 33.1 Å². The first-order valence-electron chi connectivity index (χ1n) is 8.45. The second-order valence-electron chi connectivity index (χ2n) is 7.46. The minimum atomic E-state index is -0.271. The van der Waals surface area contributed by atoms with Gasteiger partial charge in [-0.15, -0.1) is 0 Å². The number of benzene rings is 1. The van der Waals surface area contributed by atoms with Crippen molar-refractivity contribution in [2.24, 2.45) is 0 Å². The quantitative estimate of drug-likeness (QED) is 0.829. The molecule has 26 heavy (non-hydrogen) atoms. The highest BCUT2D eigenvalue weighted by Gasteiger charge is 2.20. The molecule has 0 aliphatic carbocycles. The SMILES string of the molecule is Cc1ccc(NC(=O)CN(C)CC(=O)Nc2cc(C(C)(C)C)no2)cc1. The molecule has 0 aliphatic heterocycles. The van der Waals surface area contributed by atoms with E-state index in [1.54, 1.807) is 18.0 Å². The number of likely N-dealkylation sites (N-methyl/N-ethyl adjacent to an activating group) is 1. The van der Waals surface area contributed by atoms with Gasteiger partial charge in [-0.2, -0.15) is 0 Å². The van der Waals surface area contributed by atoms with E-state index in [4.69, 9.17) is 4.52 Å². The van der Waals surface area contributed by atoms with Crippen molar-refractivity contribution >= 4 is 23.4 Å². The summed E-state index contributed by atoms with van der Waals surface area (Å²) in [6, 6.07) is 9.25. The normalized spacial score (nSPS) is 11.5. The van der Waals surface area contributed by atoms with Gasteiger partial charge in [0, 0.05) is 17.2 Å². The Morgan fingerprint density at radius 1 is 1.08 bits per heavy atom. The molecule has 0 aliphatic rings. The fraction of sp³-hybridized carbons (Fsp3) is 0.421. The molecule has 7 heteroatoms. The summed E-state index contributed by atoms with van der Waals surface area (Å²) in [5.41, 5.74) is 2.46. The topological polar surface area (TPSA) is 87.5 Å². The summed E-state index contributed by atoms with van der Waals surface area (Å²) in [6.45, 7) is 8.18. The summed E-state index contributed by atoms with van der Waals surface area (Å²) in [6.07, 6.45) is 0. The number of aromatic nitrogens is 1. The summed E-state index contributed by atoms with van der Waals surface area (Å²) < 4.78 is 5.13. The number of nitrogens with one attached hydrogen (secondary N) is 2. The Bertz CT molecular complexity index is 760. The van der Waals surface area contributed by atoms with Gasteiger partial charge in [-0.25, -0.2) is 0 Å². The molecule has 0 saturated carbocycles. The molecule has 2 rings (SSSR count). The zero-order chi connectivity index (χ0) is 19.3. The van der Waals surface area contributed by atoms with Gasteiger partial charge in [-0.1, -0.05) is 43.6 Å². The van der Waals surface area contributed by atoms with Gasteiger partial charge in [0.05, 0.1) is 18.8 Å². The van der Waals surface area contributed by atoms with Gasteiger partial charge in [-0.05, 0) is 26.1 Å². The minimum Gasteiger partial charge on any atom is -0.338 e. The number of carbonyl (C=O) groups excluding carboxylic acids is 2. The Balaban J connectivity index is 1.80. The van der Waals surface area contributed by atoms with Crippen molar-refractivity contribution in [3.63, 3.8) is 0 Å². The first-order valence-corrected chi connectivity index (χ1v) is 8.45. The molecule has 2 amide bonds. The second kappa shape index (κ2) is 8.14. The fourth-order valence-electron chi connectivity index (χ4n) is 2.25. The van der Waals surface area contributed by atoms with Crippen LogP contribution < -0.4 is 10.6 Å². The fourth-order valence-corrected chi connectivity index (χ4v) is 2.25. The largest absolute Gasteiger partial charge is 0.338 e. The van der Waals surface area contributed by atoms with Crippen LogP contribution in [0.1, 0.15) is 32.0 Å². The van der Waals surface area contributed by atoms with E-state index in [0.717, 1.165) is 16.9 Å². The molecule has 0 bridgehead atoms. The number of aryl methyl sites for hydroxylation is 1. The molecule has 1 heterocycles. The standard InChI is InChI=1S/C19H26N4O3/c1-13-6-8-14(9-7-13)20-16(24)11-23(5)12-17(25)21-18-10-15(22-26-18)19(2,3)4/h6-10H,11-12H2,1-5H3,(H,20,24)(H,21,25). The first-order chi connectivity index (χ1) is 12.1. The highest BCUT2D eigenvalue weighted by Crippen LogP contribution is 2.23. The van der Waals surface area contributed by atoms with Gasteiger partial charge in [0.25, 0.3) is 0 Å². The van der Waals surface area contributed by atoms with Crippen LogP contribution >= 0.6 is 0 Å². The lowest BCUT2D eigenvalue weighted by molar-refractivity contribution is -0.119. The van der Waals surface area contributed by atoms with Gasteiger partial charge in [-0.3, -0.25) is 19.8 Å². The molecule has 0 fully saturated rings. The maximum absolute atomic E-state index is 12.1. The average Bonchev–Trinajstić information content (AvgIpc) is 2.97. The van der Waals surface area contributed by atoms with Crippen LogP contribution in [0.25, 0.3) is 0 Å². The van der Waals surface area contributed by atoms with Crippen molar-refractivity contribution in [1.29, 1.82) is 0 Å². The number of anilines is 2. The average molecular weight is 358 g/mol. The zero-order valence-electron chi connectivity index (χ0n) is 15.9. The number of carbonyl (C=O) groups is 2. The van der Waals surface area contributed by atoms with Crippen LogP contribution in [0.4, 0.5) is 11.6 Å². The molecule has 0 atom stereocenters. The maximum Gasteiger partial charge on any atom is 0.240 e. The third-order valence-corrected chi connectivity index (χ3v) is 3.70. The second-order valence-corrected chi connectivity index (χ2v) is 7.46. The van der Waals surface area contributed by atoms with Crippen LogP contribution in [0.15, 0.2) is 34.9 Å². The summed E-state index contributed by atoms with van der Waals surface area (Å²) >= 11 is 0. The van der Waals surface area contributed by atoms with Gasteiger partial charge in [0.15, 0.2) is 0 Å². The van der Waals surface area contributed by atoms with Crippen LogP contribution in [0.2, 0.25) is 0 Å². The lowest BCUT2D eigenvalue weighted by Crippen LogP contribution is -2.36. The van der Waals surface area contributed by atoms with Crippen molar-refractivity contribution in [3.05, 3.63) is 41.6 Å². The Morgan fingerprint density at radius 3 is 2.19 bits per heavy atom. The van der Waals surface area contributed by atoms with Crippen molar-refractivity contribution in [2.75, 3.05) is 30.8 Å². The van der Waals surface area contributed by atoms with Crippen molar-refractivity contribution in [3.8, 4) is 0 Å². The van der Waals surface area contributed by atoms with E-state index < -0.39 is 0 Å². The number of nitrogens with zero attached hydrogens (tertiary/aromatic N) is 2. The maximum atomic E-state index is 12.1. The number of rotatable bonds is 6. The predicted octanol–water partition coefficient (Wildman–Crippen LogP) is 2.79. The van der Waals surface area contributed by atoms with Crippen LogP contribution in [-0.2, 0) is 15.0 Å². The van der Waals surface area contributed by atoms with E-state index >= 15 is 0 Å². The molecular formula is C19H26N4O3. The summed E-state index contributed by atoms with van der Waals surface area (Å²) in [4.78, 5) is 25.8. The predicted molar refractivity (Wildman–Crippen MR) is 101 cm³/mol. The van der Waals surface area contributed by atoms with E-state index in [-0.39, 0.29) is 30.3 Å². The van der Waals surface area contributed by atoms with Gasteiger partial charge < -0.3 is 9.84 Å². The molecule has 1 aromatic carbocycles. The Labute approximate surface area is 153 Å². The summed E-state index contributed by atoms with van der Waals surface area (Å²) in [5, 5.41) is 9.41. The van der Waals surface area contributed by atoms with Gasteiger partial charge in [0.2, 0.25) is 17.7 Å². The van der Waals surface area contributed by atoms with Crippen LogP contribution in [0.3, 0.4) is 0 Å². The molecule has 1 aromatic heterocycles. The van der Waals surface area contributed by atoms with Crippen molar-refractivity contribution < 1.29 is 14.1 Å². The van der Waals surface area contributed by atoms with E-state index in [0.29, 0.717) is 5.88 Å². The lowest BCUT2D eigenvalue weighted by atomic mass is 9.92. The molecule has 7 nitrogen and oxygen atoms in total. The van der Waals surface area contributed by atoms with E-state index in [2.05, 4.69) is 15.8 Å². The number of hydrogen-bond donors (Lipinski definition) is 2. The molecule has 2 aromatic rings. The van der Waals surface area contributed by atoms with Gasteiger partial charge in [0.1, 0.15) is 0 Å². The molecule has 0 saturated heterocycles. The monoisotopic (exact) mass is 358 g/mol. The van der Waals surface area contributed by atoms with Crippen LogP contribution in [-0.4, -0.2) is 42.0 Å². The molecule has 0 spiro atoms. The number of hydrogen-bond acceptors (Lipinski definition) is 5. The van der Waals surface area contributed by atoms with Crippen LogP contribution in [0.5, 0.6) is 0 Å². The first kappa shape index (κ1) is 19.7. The molecule has 0 unspecified atom stereocenters. The third kappa shape index (κ3) is 6.00. The third-order valence-electron chi connectivity index (χ3n) is 3.70. The highest BCUT2D eigenvalue weighted by molar-refractivity contribution is 5.94. The van der Waals surface area contributed by atoms with Crippen molar-refractivity contribution in [1.82, 2.24) is 10.1 Å². The Morgan fingerprint density at radius 2 is 1.65 bits per heavy atom. The molecular weight excluding hydrogens is 332 g/mol. The molecule has 2 N–H and O–H groups in total. The Kier molecular flexibility index (Phi) is 6.15. The minimum absolute atomic E-state index is 0.0624. The lowest BCUT2D eigenvalue weighted by Gasteiger charge is -2.15. The zero-order valence-corrected chi connectivity index (χ0v) is 15.9. The van der Waals surface area contributed by atoms with Gasteiger partial charge >= 0.3 is 0 Å². The summed E-state index contributed by atoms with van der Waals surface area (Å²) in [5.74, 6) is -0.150. The number of amides is 2. The van der Waals surface area contributed by atoms with Crippen LogP contribution in [0, 0.1) is 6.92 Å². The highest BCUT2D eigenvalue weighted by atomic mass is 16.5. The summed E-state index contributed by atoms with van der Waals surface area (Å²) in [7, 11) is 1.70. The van der Waals surface area contributed by atoms with E-state index in [1.807, 2.05) is 52.0 Å². The smallest absolute Gasteiger partial charge is 0.240 e.